The fraction of sp³-hybridized carbons (Fsp3) is 0.700. The number of hydrogen-bond donors (Lipinski definition) is 1. The van der Waals surface area contributed by atoms with Gasteiger partial charge in [0.25, 0.3) is 0 Å². The van der Waals surface area contributed by atoms with Crippen molar-refractivity contribution in [1.82, 2.24) is 34.8 Å². The summed E-state index contributed by atoms with van der Waals surface area (Å²) in [6.07, 6.45) is 11.7. The third-order valence-corrected chi connectivity index (χ3v) is 6.18. The number of nitrogens with zero attached hydrogens (tertiary/aromatic N) is 7. The molecule has 2 aromatic heterocycles. The van der Waals surface area contributed by atoms with Gasteiger partial charge >= 0.3 is 0 Å². The largest absolute Gasteiger partial charge is 0.353 e. The van der Waals surface area contributed by atoms with E-state index < -0.39 is 0 Å². The highest BCUT2D eigenvalue weighted by molar-refractivity contribution is 14.0. The van der Waals surface area contributed by atoms with Crippen molar-refractivity contribution in [2.24, 2.45) is 19.1 Å². The van der Waals surface area contributed by atoms with Crippen molar-refractivity contribution in [3.8, 4) is 0 Å². The summed E-state index contributed by atoms with van der Waals surface area (Å²) in [4.78, 5) is 7.38. The summed E-state index contributed by atoms with van der Waals surface area (Å²) in [6, 6.07) is 0.533. The first-order valence-corrected chi connectivity index (χ1v) is 10.5. The lowest BCUT2D eigenvalue weighted by molar-refractivity contribution is 0.388. The van der Waals surface area contributed by atoms with Crippen LogP contribution < -0.4 is 5.32 Å². The van der Waals surface area contributed by atoms with E-state index in [9.17, 15) is 0 Å². The van der Waals surface area contributed by atoms with Gasteiger partial charge < -0.3 is 14.8 Å². The standard InChI is InChI=1S/C20H32N8.HI/c1-15-24-25-19(27(15)3)12-21-20(23-18-7-5-4-6-8-18)28-10-9-16(14-28)17-11-22-26(2)13-17;/h11,13,16,18H,4-10,12,14H2,1-3H3,(H,21,23);1H. The number of aliphatic imine (C=N–C) groups is 1. The van der Waals surface area contributed by atoms with Crippen molar-refractivity contribution in [3.63, 3.8) is 0 Å². The van der Waals surface area contributed by atoms with Crippen LogP contribution in [0.25, 0.3) is 0 Å². The van der Waals surface area contributed by atoms with Crippen LogP contribution in [-0.2, 0) is 20.6 Å². The van der Waals surface area contributed by atoms with Crippen LogP contribution in [0.3, 0.4) is 0 Å². The molecule has 1 unspecified atom stereocenters. The maximum absolute atomic E-state index is 4.96. The highest BCUT2D eigenvalue weighted by Gasteiger charge is 2.28. The average molecular weight is 512 g/mol. The summed E-state index contributed by atoms with van der Waals surface area (Å²) in [6.45, 7) is 4.54. The van der Waals surface area contributed by atoms with Crippen molar-refractivity contribution in [3.05, 3.63) is 29.6 Å². The summed E-state index contributed by atoms with van der Waals surface area (Å²) in [5.74, 6) is 3.37. The Labute approximate surface area is 190 Å². The minimum Gasteiger partial charge on any atom is -0.353 e. The van der Waals surface area contributed by atoms with E-state index in [1.165, 1.54) is 37.7 Å². The zero-order valence-electron chi connectivity index (χ0n) is 17.7. The molecule has 0 amide bonds. The van der Waals surface area contributed by atoms with Gasteiger partial charge in [0.2, 0.25) is 0 Å². The van der Waals surface area contributed by atoms with E-state index in [0.29, 0.717) is 18.5 Å². The first-order valence-electron chi connectivity index (χ1n) is 10.5. The molecule has 1 saturated carbocycles. The topological polar surface area (TPSA) is 76.2 Å². The molecule has 2 aromatic rings. The smallest absolute Gasteiger partial charge is 0.194 e. The molecule has 160 valence electrons. The van der Waals surface area contributed by atoms with Crippen LogP contribution in [0, 0.1) is 6.92 Å². The average Bonchev–Trinajstić information content (AvgIpc) is 3.42. The number of guanidine groups is 1. The predicted octanol–water partition coefficient (Wildman–Crippen LogP) is 2.74. The van der Waals surface area contributed by atoms with Gasteiger partial charge in [0.05, 0.1) is 6.20 Å². The molecule has 0 aromatic carbocycles. The molecular weight excluding hydrogens is 479 g/mol. The molecule has 1 N–H and O–H groups in total. The van der Waals surface area contributed by atoms with Crippen molar-refractivity contribution >= 4 is 29.9 Å². The quantitative estimate of drug-likeness (QED) is 0.388. The second-order valence-corrected chi connectivity index (χ2v) is 8.22. The number of likely N-dealkylation sites (tertiary alicyclic amines) is 1. The Bertz CT molecular complexity index is 820. The number of halogens is 1. The Morgan fingerprint density at radius 1 is 1.17 bits per heavy atom. The summed E-state index contributed by atoms with van der Waals surface area (Å²) < 4.78 is 3.91. The van der Waals surface area contributed by atoms with E-state index in [4.69, 9.17) is 4.99 Å². The second-order valence-electron chi connectivity index (χ2n) is 8.22. The lowest BCUT2D eigenvalue weighted by Gasteiger charge is -2.29. The number of hydrogen-bond acceptors (Lipinski definition) is 4. The van der Waals surface area contributed by atoms with Crippen LogP contribution in [0.1, 0.15) is 61.7 Å². The number of aryl methyl sites for hydroxylation is 2. The van der Waals surface area contributed by atoms with Crippen LogP contribution in [0.5, 0.6) is 0 Å². The first-order chi connectivity index (χ1) is 13.6. The summed E-state index contributed by atoms with van der Waals surface area (Å²) >= 11 is 0. The Morgan fingerprint density at radius 3 is 2.62 bits per heavy atom. The van der Waals surface area contributed by atoms with E-state index in [1.54, 1.807) is 0 Å². The number of rotatable bonds is 4. The van der Waals surface area contributed by atoms with Gasteiger partial charge in [0.1, 0.15) is 12.4 Å². The van der Waals surface area contributed by atoms with E-state index in [1.807, 2.05) is 36.5 Å². The Morgan fingerprint density at radius 2 is 1.97 bits per heavy atom. The van der Waals surface area contributed by atoms with E-state index >= 15 is 0 Å². The normalized spacial score (nSPS) is 20.7. The van der Waals surface area contributed by atoms with Gasteiger partial charge in [-0.15, -0.1) is 34.2 Å². The molecule has 0 bridgehead atoms. The first kappa shape index (κ1) is 22.0. The molecule has 1 saturated heterocycles. The fourth-order valence-electron chi connectivity index (χ4n) is 4.28. The van der Waals surface area contributed by atoms with Gasteiger partial charge in [0.15, 0.2) is 11.8 Å². The second kappa shape index (κ2) is 9.90. The molecule has 0 spiro atoms. The Hall–Kier alpha value is -1.65. The van der Waals surface area contributed by atoms with Crippen molar-refractivity contribution in [2.45, 2.75) is 64.0 Å². The van der Waals surface area contributed by atoms with Crippen molar-refractivity contribution in [1.29, 1.82) is 0 Å². The summed E-state index contributed by atoms with van der Waals surface area (Å²) in [5.41, 5.74) is 1.32. The maximum Gasteiger partial charge on any atom is 0.194 e. The lowest BCUT2D eigenvalue weighted by Crippen LogP contribution is -2.45. The molecule has 1 atom stereocenters. The Balaban J connectivity index is 0.00000240. The molecule has 8 nitrogen and oxygen atoms in total. The van der Waals surface area contributed by atoms with Gasteiger partial charge in [-0.05, 0) is 31.7 Å². The molecule has 0 radical (unpaired) electrons. The zero-order chi connectivity index (χ0) is 19.5. The Kier molecular flexibility index (Phi) is 7.53. The van der Waals surface area contributed by atoms with E-state index in [0.717, 1.165) is 37.1 Å². The van der Waals surface area contributed by atoms with Crippen LogP contribution in [0.4, 0.5) is 0 Å². The number of aromatic nitrogens is 5. The van der Waals surface area contributed by atoms with Crippen molar-refractivity contribution in [2.75, 3.05) is 13.1 Å². The molecule has 29 heavy (non-hydrogen) atoms. The molecule has 3 heterocycles. The predicted molar refractivity (Wildman–Crippen MR) is 124 cm³/mol. The van der Waals surface area contributed by atoms with E-state index in [-0.39, 0.29) is 24.0 Å². The van der Waals surface area contributed by atoms with Gasteiger partial charge in [0, 0.05) is 45.3 Å². The van der Waals surface area contributed by atoms with Crippen molar-refractivity contribution < 1.29 is 0 Å². The molecule has 4 rings (SSSR count). The van der Waals surface area contributed by atoms with E-state index in [2.05, 4.69) is 31.7 Å². The minimum atomic E-state index is 0. The van der Waals surface area contributed by atoms with Gasteiger partial charge in [-0.3, -0.25) is 4.68 Å². The highest BCUT2D eigenvalue weighted by atomic mass is 127. The van der Waals surface area contributed by atoms with Crippen LogP contribution in [0.15, 0.2) is 17.4 Å². The van der Waals surface area contributed by atoms with Gasteiger partial charge in [-0.2, -0.15) is 5.10 Å². The third kappa shape index (κ3) is 5.29. The lowest BCUT2D eigenvalue weighted by atomic mass is 9.96. The van der Waals surface area contributed by atoms with Gasteiger partial charge in [-0.1, -0.05) is 19.3 Å². The molecule has 1 aliphatic heterocycles. The van der Waals surface area contributed by atoms with Crippen LogP contribution >= 0.6 is 24.0 Å². The van der Waals surface area contributed by atoms with Crippen LogP contribution in [0.2, 0.25) is 0 Å². The monoisotopic (exact) mass is 512 g/mol. The third-order valence-electron chi connectivity index (χ3n) is 6.18. The minimum absolute atomic E-state index is 0. The highest BCUT2D eigenvalue weighted by Crippen LogP contribution is 2.27. The van der Waals surface area contributed by atoms with Crippen LogP contribution in [-0.4, -0.2) is 54.5 Å². The molecule has 1 aliphatic carbocycles. The molecule has 2 fully saturated rings. The van der Waals surface area contributed by atoms with Gasteiger partial charge in [-0.25, -0.2) is 4.99 Å². The molecular formula is C20H33IN8. The molecule has 2 aliphatic rings. The zero-order valence-corrected chi connectivity index (χ0v) is 20.0. The fourth-order valence-corrected chi connectivity index (χ4v) is 4.28. The number of nitrogens with one attached hydrogen (secondary N) is 1. The summed E-state index contributed by atoms with van der Waals surface area (Å²) in [7, 11) is 3.99. The SMILES string of the molecule is Cc1nnc(CN=C(NC2CCCCC2)N2CCC(c3cnn(C)c3)C2)n1C.I. The molecule has 9 heteroatoms. The summed E-state index contributed by atoms with van der Waals surface area (Å²) in [5, 5.41) is 16.6. The maximum atomic E-state index is 4.96.